The van der Waals surface area contributed by atoms with Crippen molar-refractivity contribution in [3.05, 3.63) is 105 Å². The van der Waals surface area contributed by atoms with Crippen molar-refractivity contribution in [1.29, 1.82) is 0 Å². The normalized spacial score (nSPS) is 11.2. The lowest BCUT2D eigenvalue weighted by molar-refractivity contribution is 0.902. The van der Waals surface area contributed by atoms with E-state index in [4.69, 9.17) is 11.6 Å². The van der Waals surface area contributed by atoms with E-state index in [0.29, 0.717) is 21.6 Å². The highest BCUT2D eigenvalue weighted by molar-refractivity contribution is 6.30. The fourth-order valence-corrected chi connectivity index (χ4v) is 3.75. The summed E-state index contributed by atoms with van der Waals surface area (Å²) in [5.41, 5.74) is 1.79. The van der Waals surface area contributed by atoms with Crippen molar-refractivity contribution in [3.63, 3.8) is 0 Å². The molecule has 0 spiro atoms. The van der Waals surface area contributed by atoms with Gasteiger partial charge in [0.15, 0.2) is 0 Å². The Bertz CT molecular complexity index is 1510. The highest BCUT2D eigenvalue weighted by atomic mass is 35.5. The number of rotatable bonds is 2. The Balaban J connectivity index is 1.76. The maximum atomic E-state index is 13.2. The topological polar surface area (TPSA) is 67.8 Å². The number of aromatic nitrogens is 3. The van der Waals surface area contributed by atoms with E-state index in [1.807, 2.05) is 48.5 Å². The van der Waals surface area contributed by atoms with Crippen LogP contribution in [0.25, 0.3) is 38.5 Å². The standard InChI is InChI=1S/C23H14ClN3O2/c24-17-6-3-5-14(10-17)15-8-9-19-20(11-15)26-23(29)27(22(19)28)21-13-25-12-16-4-1-2-7-18(16)21/h1-13H,(H,26,29). The second kappa shape index (κ2) is 6.72. The predicted octanol–water partition coefficient (Wildman–Crippen LogP) is 4.55. The summed E-state index contributed by atoms with van der Waals surface area (Å²) >= 11 is 6.08. The van der Waals surface area contributed by atoms with Gasteiger partial charge in [0, 0.05) is 22.0 Å². The first-order chi connectivity index (χ1) is 14.1. The van der Waals surface area contributed by atoms with Gasteiger partial charge in [-0.3, -0.25) is 9.78 Å². The highest BCUT2D eigenvalue weighted by Crippen LogP contribution is 2.25. The largest absolute Gasteiger partial charge is 0.333 e. The monoisotopic (exact) mass is 399 g/mol. The molecule has 0 unspecified atom stereocenters. The van der Waals surface area contributed by atoms with Crippen molar-refractivity contribution in [1.82, 2.24) is 14.5 Å². The van der Waals surface area contributed by atoms with Gasteiger partial charge in [-0.15, -0.1) is 0 Å². The second-order valence-electron chi connectivity index (χ2n) is 6.72. The predicted molar refractivity (Wildman–Crippen MR) is 116 cm³/mol. The molecule has 0 saturated heterocycles. The molecule has 0 saturated carbocycles. The lowest BCUT2D eigenvalue weighted by atomic mass is 10.0. The highest BCUT2D eigenvalue weighted by Gasteiger charge is 2.13. The minimum absolute atomic E-state index is 0.389. The average molecular weight is 400 g/mol. The van der Waals surface area contributed by atoms with Crippen LogP contribution in [0.4, 0.5) is 0 Å². The summed E-state index contributed by atoms with van der Waals surface area (Å²) in [5, 5.41) is 2.68. The maximum absolute atomic E-state index is 13.2. The minimum Gasteiger partial charge on any atom is -0.306 e. The van der Waals surface area contributed by atoms with E-state index < -0.39 is 5.69 Å². The molecule has 140 valence electrons. The summed E-state index contributed by atoms with van der Waals surface area (Å²) in [5.74, 6) is 0. The van der Waals surface area contributed by atoms with Crippen molar-refractivity contribution >= 4 is 33.3 Å². The van der Waals surface area contributed by atoms with Crippen LogP contribution in [0.2, 0.25) is 5.02 Å². The number of hydrogen-bond donors (Lipinski definition) is 1. The Hall–Kier alpha value is -3.70. The third kappa shape index (κ3) is 2.92. The van der Waals surface area contributed by atoms with Gasteiger partial charge in [-0.2, -0.15) is 0 Å². The Morgan fingerprint density at radius 2 is 1.66 bits per heavy atom. The van der Waals surface area contributed by atoms with Crippen LogP contribution in [0.1, 0.15) is 0 Å². The zero-order valence-electron chi connectivity index (χ0n) is 15.1. The summed E-state index contributed by atoms with van der Waals surface area (Å²) in [7, 11) is 0. The molecule has 0 radical (unpaired) electrons. The van der Waals surface area contributed by atoms with E-state index in [2.05, 4.69) is 9.97 Å². The molecule has 0 atom stereocenters. The molecule has 0 aliphatic rings. The number of H-pyrrole nitrogens is 1. The lowest BCUT2D eigenvalue weighted by Gasteiger charge is -2.10. The fraction of sp³-hybridized carbons (Fsp3) is 0. The Kier molecular flexibility index (Phi) is 4.03. The number of nitrogens with zero attached hydrogens (tertiary/aromatic N) is 2. The van der Waals surface area contributed by atoms with Gasteiger partial charge in [0.05, 0.1) is 22.8 Å². The molecule has 2 aromatic heterocycles. The first-order valence-corrected chi connectivity index (χ1v) is 9.38. The SMILES string of the molecule is O=c1[nH]c2cc(-c3cccc(Cl)c3)ccc2c(=O)n1-c1cncc2ccccc12. The van der Waals surface area contributed by atoms with Gasteiger partial charge < -0.3 is 4.98 Å². The number of hydrogen-bond acceptors (Lipinski definition) is 3. The zero-order chi connectivity index (χ0) is 20.0. The molecule has 0 amide bonds. The molecular formula is C23H14ClN3O2. The molecule has 0 fully saturated rings. The smallest absolute Gasteiger partial charge is 0.306 e. The molecular weight excluding hydrogens is 386 g/mol. The van der Waals surface area contributed by atoms with Crippen LogP contribution in [-0.4, -0.2) is 14.5 Å². The summed E-state index contributed by atoms with van der Waals surface area (Å²) in [6.45, 7) is 0. The van der Waals surface area contributed by atoms with Gasteiger partial charge >= 0.3 is 5.69 Å². The number of halogens is 1. The van der Waals surface area contributed by atoms with Crippen LogP contribution < -0.4 is 11.2 Å². The molecule has 29 heavy (non-hydrogen) atoms. The van der Waals surface area contributed by atoms with E-state index in [-0.39, 0.29) is 5.56 Å². The van der Waals surface area contributed by atoms with Gasteiger partial charge in [0.2, 0.25) is 0 Å². The van der Waals surface area contributed by atoms with E-state index in [1.165, 1.54) is 6.20 Å². The van der Waals surface area contributed by atoms with Gasteiger partial charge in [-0.05, 0) is 35.4 Å². The molecule has 5 nitrogen and oxygen atoms in total. The van der Waals surface area contributed by atoms with Gasteiger partial charge in [-0.25, -0.2) is 9.36 Å². The molecule has 1 N–H and O–H groups in total. The van der Waals surface area contributed by atoms with Crippen LogP contribution >= 0.6 is 11.6 Å². The van der Waals surface area contributed by atoms with E-state index >= 15 is 0 Å². The summed E-state index contributed by atoms with van der Waals surface area (Å²) in [6.07, 6.45) is 3.24. The van der Waals surface area contributed by atoms with Gasteiger partial charge in [-0.1, -0.05) is 54.1 Å². The van der Waals surface area contributed by atoms with Gasteiger partial charge in [0.25, 0.3) is 5.56 Å². The van der Waals surface area contributed by atoms with Crippen molar-refractivity contribution in [2.75, 3.05) is 0 Å². The summed E-state index contributed by atoms with van der Waals surface area (Å²) < 4.78 is 1.14. The van der Waals surface area contributed by atoms with Crippen molar-refractivity contribution in [3.8, 4) is 16.8 Å². The minimum atomic E-state index is -0.510. The average Bonchev–Trinajstić information content (AvgIpc) is 2.73. The molecule has 5 aromatic rings. The van der Waals surface area contributed by atoms with Crippen LogP contribution in [0.15, 0.2) is 88.7 Å². The first-order valence-electron chi connectivity index (χ1n) is 9.00. The van der Waals surface area contributed by atoms with E-state index in [0.717, 1.165) is 26.5 Å². The molecule has 6 heteroatoms. The van der Waals surface area contributed by atoms with Crippen LogP contribution in [0.5, 0.6) is 0 Å². The fourth-order valence-electron chi connectivity index (χ4n) is 3.56. The number of aromatic amines is 1. The molecule has 3 aromatic carbocycles. The number of nitrogens with one attached hydrogen (secondary N) is 1. The Morgan fingerprint density at radius 1 is 0.828 bits per heavy atom. The van der Waals surface area contributed by atoms with E-state index in [1.54, 1.807) is 24.4 Å². The second-order valence-corrected chi connectivity index (χ2v) is 7.16. The van der Waals surface area contributed by atoms with Gasteiger partial charge in [0.1, 0.15) is 0 Å². The molecule has 2 heterocycles. The molecule has 0 aliphatic carbocycles. The van der Waals surface area contributed by atoms with Crippen LogP contribution in [0.3, 0.4) is 0 Å². The Labute approximate surface area is 169 Å². The van der Waals surface area contributed by atoms with Crippen LogP contribution in [-0.2, 0) is 0 Å². The van der Waals surface area contributed by atoms with Crippen molar-refractivity contribution in [2.24, 2.45) is 0 Å². The molecule has 5 rings (SSSR count). The third-order valence-corrected chi connectivity index (χ3v) is 5.18. The lowest BCUT2D eigenvalue weighted by Crippen LogP contribution is -2.33. The number of benzene rings is 3. The van der Waals surface area contributed by atoms with Crippen molar-refractivity contribution in [2.45, 2.75) is 0 Å². The van der Waals surface area contributed by atoms with E-state index in [9.17, 15) is 9.59 Å². The Morgan fingerprint density at radius 3 is 2.52 bits per heavy atom. The quantitative estimate of drug-likeness (QED) is 0.473. The zero-order valence-corrected chi connectivity index (χ0v) is 15.9. The molecule has 0 bridgehead atoms. The number of pyridine rings is 1. The maximum Gasteiger partial charge on any atom is 0.333 e. The first kappa shape index (κ1) is 17.4. The van der Waals surface area contributed by atoms with Crippen molar-refractivity contribution < 1.29 is 0 Å². The third-order valence-electron chi connectivity index (χ3n) is 4.94. The number of fused-ring (bicyclic) bond motifs is 2. The summed E-state index contributed by atoms with van der Waals surface area (Å²) in [4.78, 5) is 33.1. The summed E-state index contributed by atoms with van der Waals surface area (Å²) in [6, 6.07) is 20.3. The molecule has 0 aliphatic heterocycles. The van der Waals surface area contributed by atoms with Crippen LogP contribution in [0, 0.1) is 0 Å².